The molecule has 0 spiro atoms. The van der Waals surface area contributed by atoms with E-state index in [1.807, 2.05) is 12.1 Å². The molecule has 0 saturated heterocycles. The van der Waals surface area contributed by atoms with Crippen molar-refractivity contribution in [3.8, 4) is 0 Å². The number of carbonyl (C=O) groups is 1. The van der Waals surface area contributed by atoms with Gasteiger partial charge in [-0.2, -0.15) is 0 Å². The van der Waals surface area contributed by atoms with Crippen molar-refractivity contribution >= 4 is 39.0 Å². The van der Waals surface area contributed by atoms with Gasteiger partial charge >= 0.3 is 6.03 Å². The molecule has 0 atom stereocenters. The molecule has 0 bridgehead atoms. The van der Waals surface area contributed by atoms with Gasteiger partial charge in [-0.25, -0.2) is 23.2 Å². The van der Waals surface area contributed by atoms with Crippen LogP contribution in [0.15, 0.2) is 66.0 Å². The summed E-state index contributed by atoms with van der Waals surface area (Å²) >= 11 is 6.40. The Morgan fingerprint density at radius 2 is 1.71 bits per heavy atom. The number of rotatable bonds is 9. The van der Waals surface area contributed by atoms with E-state index in [4.69, 9.17) is 11.6 Å². The van der Waals surface area contributed by atoms with Gasteiger partial charge in [-0.05, 0) is 30.8 Å². The summed E-state index contributed by atoms with van der Waals surface area (Å²) in [5, 5.41) is 0.169. The molecule has 2 amide bonds. The molecule has 4 rings (SSSR count). The number of para-hydroxylation sites is 1. The molecule has 3 aromatic rings. The van der Waals surface area contributed by atoms with Crippen molar-refractivity contribution in [3.05, 3.63) is 76.9 Å². The van der Waals surface area contributed by atoms with E-state index in [9.17, 15) is 13.2 Å². The summed E-state index contributed by atoms with van der Waals surface area (Å²) in [5.41, 5.74) is 1.88. The summed E-state index contributed by atoms with van der Waals surface area (Å²) in [6.07, 6.45) is 1.50. The second-order valence-electron chi connectivity index (χ2n) is 8.24. The maximum Gasteiger partial charge on any atom is 0.330 e. The maximum absolute atomic E-state index is 13.6. The summed E-state index contributed by atoms with van der Waals surface area (Å²) in [6, 6.07) is 15.7. The van der Waals surface area contributed by atoms with E-state index in [1.54, 1.807) is 47.4 Å². The predicted molar refractivity (Wildman–Crippen MR) is 138 cm³/mol. The zero-order valence-electron chi connectivity index (χ0n) is 19.8. The fraction of sp³-hybridized carbons (Fsp3) is 0.320. The highest BCUT2D eigenvalue weighted by atomic mass is 35.5. The first kappa shape index (κ1) is 25.1. The lowest BCUT2D eigenvalue weighted by atomic mass is 10.2. The van der Waals surface area contributed by atoms with Crippen molar-refractivity contribution in [3.63, 3.8) is 0 Å². The van der Waals surface area contributed by atoms with E-state index < -0.39 is 9.84 Å². The van der Waals surface area contributed by atoms with Gasteiger partial charge in [0.1, 0.15) is 5.82 Å². The van der Waals surface area contributed by atoms with Crippen LogP contribution in [0, 0.1) is 0 Å². The van der Waals surface area contributed by atoms with Crippen LogP contribution < -0.4 is 9.80 Å². The number of amides is 2. The van der Waals surface area contributed by atoms with Gasteiger partial charge in [0.05, 0.1) is 23.0 Å². The molecule has 35 heavy (non-hydrogen) atoms. The van der Waals surface area contributed by atoms with Crippen LogP contribution in [-0.2, 0) is 22.1 Å². The predicted octanol–water partition coefficient (Wildman–Crippen LogP) is 4.39. The van der Waals surface area contributed by atoms with E-state index in [-0.39, 0.29) is 23.5 Å². The summed E-state index contributed by atoms with van der Waals surface area (Å²) in [7, 11) is -3.81. The Hall–Kier alpha value is -3.01. The lowest BCUT2D eigenvalue weighted by Gasteiger charge is -2.37. The SMILES string of the molecule is CCN(CC)CCN1C(=O)N(c2ccccc2Cl)Cc2cnc(S(=O)(=O)Cc3ccccc3)nc21. The lowest BCUT2D eigenvalue weighted by Crippen LogP contribution is -2.50. The van der Waals surface area contributed by atoms with Gasteiger partial charge in [0.25, 0.3) is 0 Å². The van der Waals surface area contributed by atoms with Crippen molar-refractivity contribution in [2.45, 2.75) is 31.3 Å². The largest absolute Gasteiger partial charge is 0.330 e. The van der Waals surface area contributed by atoms with E-state index >= 15 is 0 Å². The van der Waals surface area contributed by atoms with Crippen LogP contribution in [0.25, 0.3) is 0 Å². The van der Waals surface area contributed by atoms with Crippen molar-refractivity contribution < 1.29 is 13.2 Å². The molecule has 1 aromatic heterocycles. The molecule has 0 saturated carbocycles. The fourth-order valence-electron chi connectivity index (χ4n) is 4.05. The van der Waals surface area contributed by atoms with Crippen LogP contribution in [0.1, 0.15) is 25.0 Å². The standard InChI is InChI=1S/C25H28ClN5O3S/c1-3-29(4-2)14-15-30-23-20(17-31(25(30)32)22-13-9-8-12-21(22)26)16-27-24(28-23)35(33,34)18-19-10-6-5-7-11-19/h5-13,16H,3-4,14-15,17-18H2,1-2H3. The fourth-order valence-corrected chi connectivity index (χ4v) is 5.49. The molecule has 0 N–H and O–H groups in total. The number of anilines is 2. The van der Waals surface area contributed by atoms with E-state index in [1.165, 1.54) is 11.1 Å². The first-order valence-corrected chi connectivity index (χ1v) is 13.6. The van der Waals surface area contributed by atoms with E-state index in [2.05, 4.69) is 28.7 Å². The maximum atomic E-state index is 13.6. The van der Waals surface area contributed by atoms with Gasteiger partial charge in [-0.15, -0.1) is 0 Å². The number of nitrogens with zero attached hydrogens (tertiary/aromatic N) is 5. The average molecular weight is 514 g/mol. The second kappa shape index (κ2) is 10.7. The van der Waals surface area contributed by atoms with Crippen molar-refractivity contribution in [2.75, 3.05) is 36.0 Å². The van der Waals surface area contributed by atoms with Crippen LogP contribution in [0.5, 0.6) is 0 Å². The number of fused-ring (bicyclic) bond motifs is 1. The molecule has 1 aliphatic rings. The minimum Gasteiger partial charge on any atom is -0.302 e. The molecule has 10 heteroatoms. The van der Waals surface area contributed by atoms with Gasteiger partial charge in [0, 0.05) is 24.8 Å². The van der Waals surface area contributed by atoms with Crippen LogP contribution in [0.2, 0.25) is 5.02 Å². The first-order valence-electron chi connectivity index (χ1n) is 11.5. The highest BCUT2D eigenvalue weighted by Gasteiger charge is 2.35. The van der Waals surface area contributed by atoms with Gasteiger partial charge in [-0.3, -0.25) is 9.80 Å². The topological polar surface area (TPSA) is 86.7 Å². The van der Waals surface area contributed by atoms with Crippen LogP contribution >= 0.6 is 11.6 Å². The molecular weight excluding hydrogens is 486 g/mol. The Morgan fingerprint density at radius 1 is 1.03 bits per heavy atom. The second-order valence-corrected chi connectivity index (χ2v) is 10.5. The van der Waals surface area contributed by atoms with Crippen molar-refractivity contribution in [1.29, 1.82) is 0 Å². The summed E-state index contributed by atoms with van der Waals surface area (Å²) in [5.74, 6) is 0.110. The molecular formula is C25H28ClN5O3S. The number of benzene rings is 2. The van der Waals surface area contributed by atoms with Crippen LogP contribution in [0.3, 0.4) is 0 Å². The zero-order valence-corrected chi connectivity index (χ0v) is 21.3. The van der Waals surface area contributed by atoms with E-state index in [0.717, 1.165) is 13.1 Å². The molecule has 184 valence electrons. The molecule has 0 unspecified atom stereocenters. The number of halogens is 1. The number of hydrogen-bond donors (Lipinski definition) is 0. The number of hydrogen-bond acceptors (Lipinski definition) is 6. The van der Waals surface area contributed by atoms with Gasteiger partial charge in [0.15, 0.2) is 0 Å². The minimum atomic E-state index is -3.81. The third-order valence-corrected chi connectivity index (χ3v) is 7.81. The molecule has 1 aliphatic heterocycles. The summed E-state index contributed by atoms with van der Waals surface area (Å²) in [4.78, 5) is 27.6. The molecule has 8 nitrogen and oxygen atoms in total. The number of likely N-dealkylation sites (N-methyl/N-ethyl adjacent to an activating group) is 1. The molecule has 0 radical (unpaired) electrons. The smallest absolute Gasteiger partial charge is 0.302 e. The lowest BCUT2D eigenvalue weighted by molar-refractivity contribution is 0.247. The Bertz CT molecular complexity index is 1300. The minimum absolute atomic E-state index is 0.193. The number of sulfone groups is 1. The Kier molecular flexibility index (Phi) is 7.69. The molecule has 2 heterocycles. The number of aromatic nitrogens is 2. The van der Waals surface area contributed by atoms with Gasteiger partial charge in [-0.1, -0.05) is 67.9 Å². The summed E-state index contributed by atoms with van der Waals surface area (Å²) in [6.45, 7) is 6.94. The Balaban J connectivity index is 1.72. The van der Waals surface area contributed by atoms with Crippen LogP contribution in [-0.4, -0.2) is 55.5 Å². The van der Waals surface area contributed by atoms with Gasteiger partial charge < -0.3 is 4.90 Å². The zero-order chi connectivity index (χ0) is 25.0. The molecule has 0 aliphatic carbocycles. The first-order chi connectivity index (χ1) is 16.8. The third kappa shape index (κ3) is 5.47. The third-order valence-electron chi connectivity index (χ3n) is 6.02. The molecule has 2 aromatic carbocycles. The molecule has 0 fully saturated rings. The Morgan fingerprint density at radius 3 is 2.40 bits per heavy atom. The van der Waals surface area contributed by atoms with Crippen molar-refractivity contribution in [2.24, 2.45) is 0 Å². The van der Waals surface area contributed by atoms with E-state index in [0.29, 0.717) is 40.7 Å². The quantitative estimate of drug-likeness (QED) is 0.394. The van der Waals surface area contributed by atoms with Gasteiger partial charge in [0.2, 0.25) is 15.0 Å². The normalized spacial score (nSPS) is 13.9. The number of urea groups is 1. The number of carbonyl (C=O) groups excluding carboxylic acids is 1. The highest BCUT2D eigenvalue weighted by molar-refractivity contribution is 7.90. The monoisotopic (exact) mass is 513 g/mol. The highest BCUT2D eigenvalue weighted by Crippen LogP contribution is 2.34. The average Bonchev–Trinajstić information content (AvgIpc) is 2.86. The summed E-state index contributed by atoms with van der Waals surface area (Å²) < 4.78 is 26.2. The Labute approximate surface area is 211 Å². The van der Waals surface area contributed by atoms with Crippen LogP contribution in [0.4, 0.5) is 16.3 Å². The van der Waals surface area contributed by atoms with Crippen molar-refractivity contribution in [1.82, 2.24) is 14.9 Å².